The highest BCUT2D eigenvalue weighted by molar-refractivity contribution is 7.89. The van der Waals surface area contributed by atoms with Crippen LogP contribution in [0.3, 0.4) is 0 Å². The van der Waals surface area contributed by atoms with Crippen molar-refractivity contribution in [1.82, 2.24) is 9.62 Å². The van der Waals surface area contributed by atoms with Gasteiger partial charge in [0.2, 0.25) is 10.0 Å². The smallest absolute Gasteiger partial charge is 0.254 e. The third kappa shape index (κ3) is 4.53. The first kappa shape index (κ1) is 20.2. The van der Waals surface area contributed by atoms with Crippen LogP contribution in [-0.4, -0.2) is 44.4 Å². The molecule has 1 saturated carbocycles. The molecule has 0 bridgehead atoms. The summed E-state index contributed by atoms with van der Waals surface area (Å²) in [6.07, 6.45) is 4.70. The van der Waals surface area contributed by atoms with Crippen molar-refractivity contribution >= 4 is 28.3 Å². The minimum Gasteiger partial charge on any atom is -0.334 e. The Hall–Kier alpha value is -1.15. The zero-order valence-corrected chi connectivity index (χ0v) is 16.0. The van der Waals surface area contributed by atoms with E-state index in [2.05, 4.69) is 4.72 Å². The van der Waals surface area contributed by atoms with Gasteiger partial charge in [0, 0.05) is 30.7 Å². The van der Waals surface area contributed by atoms with E-state index in [0.717, 1.165) is 37.7 Å². The van der Waals surface area contributed by atoms with Crippen LogP contribution < -0.4 is 10.5 Å². The van der Waals surface area contributed by atoms with Gasteiger partial charge in [0.05, 0.1) is 4.90 Å². The minimum atomic E-state index is -3.57. The summed E-state index contributed by atoms with van der Waals surface area (Å²) in [5.74, 6) is -0.119. The lowest BCUT2D eigenvalue weighted by Gasteiger charge is -2.35. The van der Waals surface area contributed by atoms with Crippen LogP contribution in [0.5, 0.6) is 0 Å². The van der Waals surface area contributed by atoms with Gasteiger partial charge in [-0.3, -0.25) is 4.79 Å². The van der Waals surface area contributed by atoms with E-state index in [1.807, 2.05) is 6.92 Å². The zero-order chi connectivity index (χ0) is 17.3. The molecule has 1 heterocycles. The van der Waals surface area contributed by atoms with Crippen molar-refractivity contribution in [1.29, 1.82) is 0 Å². The van der Waals surface area contributed by atoms with Crippen molar-refractivity contribution in [3.8, 4) is 0 Å². The number of piperidine rings is 1. The molecule has 3 rings (SSSR count). The minimum absolute atomic E-state index is 0. The van der Waals surface area contributed by atoms with Gasteiger partial charge in [-0.2, -0.15) is 0 Å². The quantitative estimate of drug-likeness (QED) is 0.805. The average molecular weight is 388 g/mol. The summed E-state index contributed by atoms with van der Waals surface area (Å²) in [6, 6.07) is 4.85. The van der Waals surface area contributed by atoms with Crippen molar-refractivity contribution in [2.45, 2.75) is 56.0 Å². The number of halogens is 1. The fourth-order valence-corrected chi connectivity index (χ4v) is 4.49. The molecule has 2 fully saturated rings. The number of nitrogens with two attached hydrogens (primary N) is 1. The van der Waals surface area contributed by atoms with Crippen LogP contribution in [0.1, 0.15) is 48.0 Å². The molecule has 0 radical (unpaired) electrons. The van der Waals surface area contributed by atoms with Crippen LogP contribution >= 0.6 is 12.4 Å². The SMILES string of the molecule is Cc1ccc(S(=O)(=O)NC2CC2)cc1C(=O)N1CCCCC1CN.Cl. The Kier molecular flexibility index (Phi) is 6.48. The number of hydrogen-bond acceptors (Lipinski definition) is 4. The Morgan fingerprint density at radius 2 is 2.00 bits per heavy atom. The predicted octanol–water partition coefficient (Wildman–Crippen LogP) is 1.81. The second kappa shape index (κ2) is 8.03. The predicted molar refractivity (Wildman–Crippen MR) is 99.5 cm³/mol. The maximum atomic E-state index is 13.0. The summed E-state index contributed by atoms with van der Waals surface area (Å²) in [7, 11) is -3.57. The van der Waals surface area contributed by atoms with E-state index in [4.69, 9.17) is 5.73 Å². The van der Waals surface area contributed by atoms with E-state index >= 15 is 0 Å². The zero-order valence-electron chi connectivity index (χ0n) is 14.4. The van der Waals surface area contributed by atoms with E-state index < -0.39 is 10.0 Å². The highest BCUT2D eigenvalue weighted by atomic mass is 35.5. The Balaban J connectivity index is 0.00000225. The molecule has 3 N–H and O–H groups in total. The molecule has 1 aliphatic heterocycles. The third-order valence-corrected chi connectivity index (χ3v) is 6.33. The number of benzene rings is 1. The van der Waals surface area contributed by atoms with Gasteiger partial charge in [-0.25, -0.2) is 13.1 Å². The van der Waals surface area contributed by atoms with Gasteiger partial charge in [0.15, 0.2) is 0 Å². The molecule has 140 valence electrons. The molecule has 1 aromatic rings. The van der Waals surface area contributed by atoms with E-state index in [0.29, 0.717) is 18.7 Å². The average Bonchev–Trinajstić information content (AvgIpc) is 3.37. The largest absolute Gasteiger partial charge is 0.334 e. The Morgan fingerprint density at radius 3 is 2.64 bits per heavy atom. The van der Waals surface area contributed by atoms with Crippen LogP contribution in [0.4, 0.5) is 0 Å². The first-order valence-electron chi connectivity index (χ1n) is 8.56. The van der Waals surface area contributed by atoms with E-state index in [1.165, 1.54) is 6.07 Å². The maximum Gasteiger partial charge on any atom is 0.254 e. The van der Waals surface area contributed by atoms with E-state index in [-0.39, 0.29) is 35.3 Å². The number of carbonyl (C=O) groups is 1. The maximum absolute atomic E-state index is 13.0. The molecule has 0 spiro atoms. The normalized spacial score (nSPS) is 20.9. The molecule has 1 unspecified atom stereocenters. The number of nitrogens with one attached hydrogen (secondary N) is 1. The lowest BCUT2D eigenvalue weighted by molar-refractivity contribution is 0.0622. The number of aryl methyl sites for hydroxylation is 1. The summed E-state index contributed by atoms with van der Waals surface area (Å²) in [4.78, 5) is 14.9. The summed E-state index contributed by atoms with van der Waals surface area (Å²) >= 11 is 0. The van der Waals surface area contributed by atoms with Crippen molar-refractivity contribution in [3.63, 3.8) is 0 Å². The molecular formula is C17H26ClN3O3S. The van der Waals surface area contributed by atoms with E-state index in [1.54, 1.807) is 17.0 Å². The Morgan fingerprint density at radius 1 is 1.28 bits per heavy atom. The lowest BCUT2D eigenvalue weighted by Crippen LogP contribution is -2.47. The second-order valence-corrected chi connectivity index (χ2v) is 8.47. The number of carbonyl (C=O) groups excluding carboxylic acids is 1. The fourth-order valence-electron chi connectivity index (χ4n) is 3.16. The van der Waals surface area contributed by atoms with Crippen LogP contribution in [0.25, 0.3) is 0 Å². The molecule has 1 amide bonds. The molecule has 1 aliphatic carbocycles. The van der Waals surface area contributed by atoms with Gasteiger partial charge in [-0.1, -0.05) is 6.07 Å². The number of nitrogens with zero attached hydrogens (tertiary/aromatic N) is 1. The molecular weight excluding hydrogens is 362 g/mol. The topological polar surface area (TPSA) is 92.5 Å². The van der Waals surface area contributed by atoms with Crippen molar-refractivity contribution < 1.29 is 13.2 Å². The van der Waals surface area contributed by atoms with Crippen LogP contribution in [0.15, 0.2) is 23.1 Å². The number of sulfonamides is 1. The fraction of sp³-hybridized carbons (Fsp3) is 0.588. The molecule has 1 atom stereocenters. The van der Waals surface area contributed by atoms with Gasteiger partial charge < -0.3 is 10.6 Å². The van der Waals surface area contributed by atoms with Crippen LogP contribution in [0.2, 0.25) is 0 Å². The van der Waals surface area contributed by atoms with Crippen molar-refractivity contribution in [3.05, 3.63) is 29.3 Å². The Bertz CT molecular complexity index is 735. The monoisotopic (exact) mass is 387 g/mol. The summed E-state index contributed by atoms with van der Waals surface area (Å²) in [6.45, 7) is 2.95. The van der Waals surface area contributed by atoms with Gasteiger partial charge in [-0.05, 0) is 56.7 Å². The third-order valence-electron chi connectivity index (χ3n) is 4.81. The number of likely N-dealkylation sites (tertiary alicyclic amines) is 1. The van der Waals surface area contributed by atoms with Gasteiger partial charge >= 0.3 is 0 Å². The first-order chi connectivity index (χ1) is 11.4. The standard InChI is InChI=1S/C17H25N3O3S.ClH/c1-12-5-8-15(24(22,23)19-13-6-7-13)10-16(12)17(21)20-9-3-2-4-14(20)11-18;/h5,8,10,13-14,19H,2-4,6-7,9,11,18H2,1H3;1H. The molecule has 6 nitrogen and oxygen atoms in total. The molecule has 2 aliphatic rings. The first-order valence-corrected chi connectivity index (χ1v) is 10.0. The van der Waals surface area contributed by atoms with Crippen LogP contribution in [0, 0.1) is 6.92 Å². The molecule has 8 heteroatoms. The second-order valence-electron chi connectivity index (χ2n) is 6.76. The number of rotatable bonds is 5. The highest BCUT2D eigenvalue weighted by Crippen LogP contribution is 2.25. The molecule has 0 aromatic heterocycles. The molecule has 1 saturated heterocycles. The van der Waals surface area contributed by atoms with Crippen LogP contribution in [-0.2, 0) is 10.0 Å². The lowest BCUT2D eigenvalue weighted by atomic mass is 9.99. The summed E-state index contributed by atoms with van der Waals surface area (Å²) in [5.41, 5.74) is 7.05. The molecule has 1 aromatic carbocycles. The summed E-state index contributed by atoms with van der Waals surface area (Å²) < 4.78 is 27.5. The van der Waals surface area contributed by atoms with Crippen molar-refractivity contribution in [2.24, 2.45) is 5.73 Å². The Labute approximate surface area is 155 Å². The van der Waals surface area contributed by atoms with Crippen molar-refractivity contribution in [2.75, 3.05) is 13.1 Å². The number of amides is 1. The molecule has 25 heavy (non-hydrogen) atoms. The van der Waals surface area contributed by atoms with E-state index in [9.17, 15) is 13.2 Å². The number of hydrogen-bond donors (Lipinski definition) is 2. The van der Waals surface area contributed by atoms with Gasteiger partial charge in [0.25, 0.3) is 5.91 Å². The van der Waals surface area contributed by atoms with Gasteiger partial charge in [0.1, 0.15) is 0 Å². The van der Waals surface area contributed by atoms with Gasteiger partial charge in [-0.15, -0.1) is 12.4 Å². The summed E-state index contributed by atoms with van der Waals surface area (Å²) in [5, 5.41) is 0. The highest BCUT2D eigenvalue weighted by Gasteiger charge is 2.30.